The summed E-state index contributed by atoms with van der Waals surface area (Å²) in [5, 5.41) is 5.48. The number of nitrogens with one attached hydrogen (secondary N) is 1. The molecule has 3 rings (SSSR count). The van der Waals surface area contributed by atoms with E-state index in [9.17, 15) is 31.1 Å². The fourth-order valence-electron chi connectivity index (χ4n) is 3.23. The lowest BCUT2D eigenvalue weighted by atomic mass is 9.86. The van der Waals surface area contributed by atoms with Gasteiger partial charge in [-0.1, -0.05) is 34.4 Å². The Morgan fingerprint density at radius 1 is 1.12 bits per heavy atom. The predicted molar refractivity (Wildman–Crippen MR) is 117 cm³/mol. The molecule has 0 bridgehead atoms. The Bertz CT molecular complexity index is 1100. The number of amides is 1. The highest BCUT2D eigenvalue weighted by atomic mass is 35.5. The first-order valence-electron chi connectivity index (χ1n) is 9.56. The Balaban J connectivity index is 1.76. The molecule has 0 aromatic heterocycles. The first kappa shape index (κ1) is 26.5. The molecule has 0 spiro atoms. The third-order valence-electron chi connectivity index (χ3n) is 4.87. The van der Waals surface area contributed by atoms with Gasteiger partial charge in [0, 0.05) is 26.9 Å². The second-order valence-corrected chi connectivity index (χ2v) is 9.34. The van der Waals surface area contributed by atoms with Gasteiger partial charge in [0.05, 0.1) is 11.5 Å². The van der Waals surface area contributed by atoms with Crippen molar-refractivity contribution in [1.82, 2.24) is 5.32 Å². The SMILES string of the molecule is Cc1cc(C2=NO[C@@](c3cc(Cl)cc(Cl)c3)(C(F)(F)F)C2)ccc1SCC(=O)NCC(F)(F)F. The van der Waals surface area contributed by atoms with Crippen LogP contribution in [-0.2, 0) is 15.2 Å². The molecule has 1 heterocycles. The Hall–Kier alpha value is -2.11. The minimum atomic E-state index is -4.83. The number of carbonyl (C=O) groups excluding carboxylic acids is 1. The van der Waals surface area contributed by atoms with Crippen molar-refractivity contribution in [1.29, 1.82) is 0 Å². The zero-order chi connectivity index (χ0) is 25.3. The van der Waals surface area contributed by atoms with Crippen LogP contribution in [0.5, 0.6) is 0 Å². The summed E-state index contributed by atoms with van der Waals surface area (Å²) in [7, 11) is 0. The van der Waals surface area contributed by atoms with E-state index in [0.29, 0.717) is 16.0 Å². The van der Waals surface area contributed by atoms with Crippen molar-refractivity contribution >= 4 is 46.6 Å². The highest BCUT2D eigenvalue weighted by molar-refractivity contribution is 8.00. The molecule has 0 unspecified atom stereocenters. The van der Waals surface area contributed by atoms with E-state index in [2.05, 4.69) is 5.16 Å². The van der Waals surface area contributed by atoms with Crippen LogP contribution in [0.25, 0.3) is 0 Å². The van der Waals surface area contributed by atoms with E-state index in [1.807, 2.05) is 0 Å². The minimum Gasteiger partial charge on any atom is -0.374 e. The highest BCUT2D eigenvalue weighted by Gasteiger charge is 2.62. The summed E-state index contributed by atoms with van der Waals surface area (Å²) in [5.41, 5.74) is -2.05. The van der Waals surface area contributed by atoms with Crippen LogP contribution < -0.4 is 5.32 Å². The van der Waals surface area contributed by atoms with Crippen LogP contribution in [-0.4, -0.2) is 36.3 Å². The summed E-state index contributed by atoms with van der Waals surface area (Å²) < 4.78 is 78.9. The average Bonchev–Trinajstić information content (AvgIpc) is 3.17. The molecule has 1 amide bonds. The Morgan fingerprint density at radius 3 is 2.32 bits per heavy atom. The van der Waals surface area contributed by atoms with E-state index >= 15 is 0 Å². The number of carbonyl (C=O) groups is 1. The van der Waals surface area contributed by atoms with Gasteiger partial charge in [-0.25, -0.2) is 0 Å². The molecule has 0 saturated heterocycles. The van der Waals surface area contributed by atoms with E-state index < -0.39 is 36.8 Å². The molecule has 1 atom stereocenters. The molecule has 0 saturated carbocycles. The van der Waals surface area contributed by atoms with Gasteiger partial charge in [-0.2, -0.15) is 26.3 Å². The Morgan fingerprint density at radius 2 is 1.76 bits per heavy atom. The van der Waals surface area contributed by atoms with Crippen LogP contribution in [0, 0.1) is 6.92 Å². The molecule has 4 nitrogen and oxygen atoms in total. The quantitative estimate of drug-likeness (QED) is 0.327. The smallest absolute Gasteiger partial charge is 0.374 e. The van der Waals surface area contributed by atoms with Crippen LogP contribution in [0.15, 0.2) is 46.4 Å². The average molecular weight is 545 g/mol. The molecule has 2 aromatic carbocycles. The molecule has 1 aliphatic heterocycles. The maximum absolute atomic E-state index is 14.1. The number of aryl methyl sites for hydroxylation is 1. The fraction of sp³-hybridized carbons (Fsp3) is 0.333. The molecule has 2 aromatic rings. The van der Waals surface area contributed by atoms with E-state index in [-0.39, 0.29) is 27.1 Å². The van der Waals surface area contributed by atoms with Crippen LogP contribution in [0.3, 0.4) is 0 Å². The number of hydrogen-bond acceptors (Lipinski definition) is 4. The van der Waals surface area contributed by atoms with E-state index in [4.69, 9.17) is 28.0 Å². The van der Waals surface area contributed by atoms with Gasteiger partial charge in [-0.3, -0.25) is 4.79 Å². The van der Waals surface area contributed by atoms with Crippen molar-refractivity contribution in [3.05, 3.63) is 63.1 Å². The maximum atomic E-state index is 14.1. The molecule has 184 valence electrons. The lowest BCUT2D eigenvalue weighted by Gasteiger charge is -2.29. The van der Waals surface area contributed by atoms with Gasteiger partial charge in [0.1, 0.15) is 6.54 Å². The lowest BCUT2D eigenvalue weighted by molar-refractivity contribution is -0.275. The highest BCUT2D eigenvalue weighted by Crippen LogP contribution is 2.49. The largest absolute Gasteiger partial charge is 0.435 e. The number of thioether (sulfide) groups is 1. The summed E-state index contributed by atoms with van der Waals surface area (Å²) in [5.74, 6) is -1.05. The van der Waals surface area contributed by atoms with Crippen LogP contribution in [0.1, 0.15) is 23.1 Å². The number of benzene rings is 2. The third kappa shape index (κ3) is 6.11. The number of rotatable bonds is 6. The molecule has 0 aliphatic carbocycles. The van der Waals surface area contributed by atoms with Crippen LogP contribution in [0.2, 0.25) is 10.0 Å². The fourth-order valence-corrected chi connectivity index (χ4v) is 4.60. The number of nitrogens with zero attached hydrogens (tertiary/aromatic N) is 1. The number of oxime groups is 1. The summed E-state index contributed by atoms with van der Waals surface area (Å²) in [6.07, 6.45) is -9.97. The van der Waals surface area contributed by atoms with Gasteiger partial charge in [0.15, 0.2) is 0 Å². The van der Waals surface area contributed by atoms with Crippen molar-refractivity contribution in [2.45, 2.75) is 36.2 Å². The molecule has 1 aliphatic rings. The van der Waals surface area contributed by atoms with Gasteiger partial charge >= 0.3 is 12.4 Å². The molecule has 0 radical (unpaired) electrons. The predicted octanol–water partition coefficient (Wildman–Crippen LogP) is 6.65. The van der Waals surface area contributed by atoms with Crippen LogP contribution >= 0.6 is 35.0 Å². The number of halogens is 8. The zero-order valence-corrected chi connectivity index (χ0v) is 19.6. The zero-order valence-electron chi connectivity index (χ0n) is 17.3. The monoisotopic (exact) mass is 544 g/mol. The molecule has 0 fully saturated rings. The standard InChI is InChI=1S/C21H16Cl2F6N2O2S/c1-11-4-12(2-3-17(11)34-9-18(32)30-10-20(24,25)26)16-8-19(33-31-16,21(27,28)29)13-5-14(22)7-15(23)6-13/h2-7H,8-10H2,1H3,(H,30,32)/t19-/m0/s1. The van der Waals surface area contributed by atoms with E-state index in [1.165, 1.54) is 12.1 Å². The van der Waals surface area contributed by atoms with Crippen molar-refractivity contribution in [2.24, 2.45) is 5.16 Å². The summed E-state index contributed by atoms with van der Waals surface area (Å²) in [6.45, 7) is 0.229. The normalized spacial score (nSPS) is 18.4. The Labute approximate surface area is 204 Å². The first-order chi connectivity index (χ1) is 15.7. The summed E-state index contributed by atoms with van der Waals surface area (Å²) in [6, 6.07) is 8.16. The van der Waals surface area contributed by atoms with Crippen molar-refractivity contribution < 1.29 is 36.0 Å². The van der Waals surface area contributed by atoms with Crippen molar-refractivity contribution in [2.75, 3.05) is 12.3 Å². The molecular weight excluding hydrogens is 529 g/mol. The van der Waals surface area contributed by atoms with Gasteiger partial charge in [-0.15, -0.1) is 11.8 Å². The third-order valence-corrected chi connectivity index (χ3v) is 6.48. The topological polar surface area (TPSA) is 50.7 Å². The summed E-state index contributed by atoms with van der Waals surface area (Å²) in [4.78, 5) is 17.2. The van der Waals surface area contributed by atoms with Gasteiger partial charge in [-0.05, 0) is 48.4 Å². The lowest BCUT2D eigenvalue weighted by Crippen LogP contribution is -2.42. The first-order valence-corrected chi connectivity index (χ1v) is 11.3. The van der Waals surface area contributed by atoms with E-state index in [0.717, 1.165) is 23.9 Å². The number of hydrogen-bond donors (Lipinski definition) is 1. The van der Waals surface area contributed by atoms with Gasteiger partial charge in [0.2, 0.25) is 5.91 Å². The van der Waals surface area contributed by atoms with Crippen LogP contribution in [0.4, 0.5) is 26.3 Å². The Kier molecular flexibility index (Phi) is 7.69. The summed E-state index contributed by atoms with van der Waals surface area (Å²) >= 11 is 12.8. The molecular formula is C21H16Cl2F6N2O2S. The van der Waals surface area contributed by atoms with Crippen molar-refractivity contribution in [3.63, 3.8) is 0 Å². The second-order valence-electron chi connectivity index (χ2n) is 7.45. The second kappa shape index (κ2) is 9.87. The molecule has 13 heteroatoms. The van der Waals surface area contributed by atoms with Crippen molar-refractivity contribution in [3.8, 4) is 0 Å². The van der Waals surface area contributed by atoms with Gasteiger partial charge < -0.3 is 10.2 Å². The molecule has 34 heavy (non-hydrogen) atoms. The molecule has 1 N–H and O–H groups in total. The maximum Gasteiger partial charge on any atom is 0.435 e. The number of alkyl halides is 6. The minimum absolute atomic E-state index is 0.0136. The van der Waals surface area contributed by atoms with E-state index in [1.54, 1.807) is 24.4 Å². The van der Waals surface area contributed by atoms with Gasteiger partial charge in [0.25, 0.3) is 5.60 Å².